The van der Waals surface area contributed by atoms with E-state index in [2.05, 4.69) is 0 Å². The first-order valence-corrected chi connectivity index (χ1v) is 6.02. The first-order valence-electron chi connectivity index (χ1n) is 6.02. The smallest absolute Gasteiger partial charge is 0.195 e. The molecule has 0 amide bonds. The quantitative estimate of drug-likeness (QED) is 0.634. The zero-order valence-corrected chi connectivity index (χ0v) is 10.6. The molecule has 0 bridgehead atoms. The first-order chi connectivity index (χ1) is 7.77. The topological polar surface area (TPSA) is 54.0 Å². The summed E-state index contributed by atoms with van der Waals surface area (Å²) in [7, 11) is 0. The molecular formula is C12H18O5. The molecule has 5 heteroatoms. The van der Waals surface area contributed by atoms with Crippen LogP contribution >= 0.6 is 0 Å². The lowest BCUT2D eigenvalue weighted by Gasteiger charge is -2.28. The molecule has 3 rings (SSSR count). The van der Waals surface area contributed by atoms with Gasteiger partial charge in [-0.05, 0) is 27.7 Å². The third-order valence-electron chi connectivity index (χ3n) is 3.39. The largest absolute Gasteiger partial charge is 0.344 e. The second-order valence-electron chi connectivity index (χ2n) is 5.83. The van der Waals surface area contributed by atoms with Crippen molar-refractivity contribution in [3.8, 4) is 0 Å². The second-order valence-corrected chi connectivity index (χ2v) is 5.83. The highest BCUT2D eigenvalue weighted by Crippen LogP contribution is 2.41. The van der Waals surface area contributed by atoms with E-state index in [0.29, 0.717) is 6.42 Å². The van der Waals surface area contributed by atoms with Gasteiger partial charge in [0.2, 0.25) is 0 Å². The number of ketones is 1. The summed E-state index contributed by atoms with van der Waals surface area (Å²) >= 11 is 0. The van der Waals surface area contributed by atoms with E-state index in [1.807, 2.05) is 27.7 Å². The summed E-state index contributed by atoms with van der Waals surface area (Å²) in [6.07, 6.45) is -0.798. The minimum absolute atomic E-state index is 0.0533. The van der Waals surface area contributed by atoms with Crippen molar-refractivity contribution >= 4 is 5.78 Å². The Balaban J connectivity index is 1.84. The summed E-state index contributed by atoms with van der Waals surface area (Å²) in [4.78, 5) is 12.3. The fraction of sp³-hybridized carbons (Fsp3) is 0.917. The number of Topliss-reactive ketones (excluding diaryl/α,β-unsaturated/α-hetero) is 1. The van der Waals surface area contributed by atoms with Gasteiger partial charge in [0.05, 0.1) is 12.2 Å². The zero-order valence-electron chi connectivity index (χ0n) is 10.6. The monoisotopic (exact) mass is 242 g/mol. The van der Waals surface area contributed by atoms with Crippen LogP contribution < -0.4 is 0 Å². The lowest BCUT2D eigenvalue weighted by Crippen LogP contribution is -2.50. The van der Waals surface area contributed by atoms with Crippen molar-refractivity contribution in [2.45, 2.75) is 70.1 Å². The Morgan fingerprint density at radius 2 is 1.29 bits per heavy atom. The molecule has 96 valence electrons. The molecule has 5 nitrogen and oxygen atoms in total. The van der Waals surface area contributed by atoms with Crippen molar-refractivity contribution in [2.75, 3.05) is 0 Å². The molecule has 0 N–H and O–H groups in total. The van der Waals surface area contributed by atoms with E-state index in [9.17, 15) is 4.79 Å². The lowest BCUT2D eigenvalue weighted by atomic mass is 9.89. The number of ether oxygens (including phenoxy) is 4. The third-order valence-corrected chi connectivity index (χ3v) is 3.39. The molecule has 0 unspecified atom stereocenters. The van der Waals surface area contributed by atoms with Crippen molar-refractivity contribution in [3.63, 3.8) is 0 Å². The number of hydrogen-bond acceptors (Lipinski definition) is 5. The summed E-state index contributed by atoms with van der Waals surface area (Å²) < 4.78 is 22.7. The fourth-order valence-corrected chi connectivity index (χ4v) is 2.89. The molecule has 17 heavy (non-hydrogen) atoms. The van der Waals surface area contributed by atoms with Gasteiger partial charge >= 0.3 is 0 Å². The Hall–Kier alpha value is -0.490. The summed E-state index contributed by atoms with van der Waals surface area (Å²) in [5, 5.41) is 0. The van der Waals surface area contributed by atoms with Crippen molar-refractivity contribution in [2.24, 2.45) is 0 Å². The number of hydrogen-bond donors (Lipinski definition) is 0. The molecule has 1 saturated carbocycles. The van der Waals surface area contributed by atoms with Crippen molar-refractivity contribution in [1.29, 1.82) is 0 Å². The lowest BCUT2D eigenvalue weighted by molar-refractivity contribution is -0.170. The van der Waals surface area contributed by atoms with E-state index in [-0.39, 0.29) is 18.0 Å². The molecule has 0 aromatic rings. The number of carbonyl (C=O) groups is 1. The standard InChI is InChI=1S/C12H18O5/c1-11(2)14-6-5-7-10(8(13)9(6)16-11)17-12(3,4)15-7/h6-7,9-10H,5H2,1-4H3/t6-,7-,9-,10-/m1/s1. The van der Waals surface area contributed by atoms with Crippen LogP contribution in [0.4, 0.5) is 0 Å². The van der Waals surface area contributed by atoms with Gasteiger partial charge in [0, 0.05) is 6.42 Å². The summed E-state index contributed by atoms with van der Waals surface area (Å²) in [5.41, 5.74) is 0. The van der Waals surface area contributed by atoms with E-state index >= 15 is 0 Å². The Bertz CT molecular complexity index is 330. The molecule has 0 aromatic carbocycles. The van der Waals surface area contributed by atoms with E-state index in [1.54, 1.807) is 0 Å². The van der Waals surface area contributed by atoms with Gasteiger partial charge in [-0.1, -0.05) is 0 Å². The maximum atomic E-state index is 12.3. The minimum atomic E-state index is -0.695. The van der Waals surface area contributed by atoms with Crippen LogP contribution in [0.1, 0.15) is 34.1 Å². The number of fused-ring (bicyclic) bond motifs is 2. The molecule has 2 heterocycles. The summed E-state index contributed by atoms with van der Waals surface area (Å²) in [5.74, 6) is -1.44. The van der Waals surface area contributed by atoms with Gasteiger partial charge in [0.1, 0.15) is 12.2 Å². The molecule has 3 aliphatic rings. The van der Waals surface area contributed by atoms with Gasteiger partial charge in [0.25, 0.3) is 0 Å². The molecule has 2 saturated heterocycles. The van der Waals surface area contributed by atoms with Crippen molar-refractivity contribution < 1.29 is 23.7 Å². The predicted molar refractivity (Wildman–Crippen MR) is 57.3 cm³/mol. The molecule has 0 aromatic heterocycles. The maximum Gasteiger partial charge on any atom is 0.195 e. The predicted octanol–water partition coefficient (Wildman–Crippen LogP) is 0.999. The van der Waals surface area contributed by atoms with Crippen LogP contribution in [0.3, 0.4) is 0 Å². The van der Waals surface area contributed by atoms with E-state index in [4.69, 9.17) is 18.9 Å². The van der Waals surface area contributed by atoms with Crippen LogP contribution in [-0.2, 0) is 23.7 Å². The Labute approximate surface area is 100 Å². The minimum Gasteiger partial charge on any atom is -0.344 e. The highest BCUT2D eigenvalue weighted by molar-refractivity contribution is 5.90. The van der Waals surface area contributed by atoms with Gasteiger partial charge in [0.15, 0.2) is 17.4 Å². The third kappa shape index (κ3) is 1.81. The van der Waals surface area contributed by atoms with Gasteiger partial charge in [-0.25, -0.2) is 0 Å². The second kappa shape index (κ2) is 3.29. The molecule has 4 atom stereocenters. The highest BCUT2D eigenvalue weighted by Gasteiger charge is 2.58. The SMILES string of the molecule is CC1(C)O[C@@H]2C[C@H]3OC(C)(C)O[C@H]3C(=O)[C@@H]2O1. The first kappa shape index (κ1) is 11.6. The Kier molecular flexibility index (Phi) is 2.24. The van der Waals surface area contributed by atoms with Crippen LogP contribution in [0.5, 0.6) is 0 Å². The highest BCUT2D eigenvalue weighted by atomic mass is 16.8. The molecule has 2 aliphatic heterocycles. The van der Waals surface area contributed by atoms with E-state index in [0.717, 1.165) is 0 Å². The number of carbonyl (C=O) groups excluding carboxylic acids is 1. The van der Waals surface area contributed by atoms with Crippen LogP contribution in [0.15, 0.2) is 0 Å². The molecule has 3 fully saturated rings. The average Bonchev–Trinajstić information content (AvgIpc) is 2.61. The normalized spacial score (nSPS) is 46.7. The average molecular weight is 242 g/mol. The maximum absolute atomic E-state index is 12.3. The Morgan fingerprint density at radius 3 is 1.71 bits per heavy atom. The van der Waals surface area contributed by atoms with Gasteiger partial charge in [-0.3, -0.25) is 4.79 Å². The van der Waals surface area contributed by atoms with Crippen LogP contribution in [0.25, 0.3) is 0 Å². The summed E-state index contributed by atoms with van der Waals surface area (Å²) in [6.45, 7) is 7.28. The van der Waals surface area contributed by atoms with E-state index < -0.39 is 23.8 Å². The molecule has 0 spiro atoms. The van der Waals surface area contributed by atoms with Crippen LogP contribution in [-0.4, -0.2) is 41.8 Å². The van der Waals surface area contributed by atoms with Crippen molar-refractivity contribution in [1.82, 2.24) is 0 Å². The summed E-state index contributed by atoms with van der Waals surface area (Å²) in [6, 6.07) is 0. The molecule has 0 radical (unpaired) electrons. The molecule has 1 aliphatic carbocycles. The van der Waals surface area contributed by atoms with Crippen LogP contribution in [0, 0.1) is 0 Å². The van der Waals surface area contributed by atoms with Gasteiger partial charge in [-0.2, -0.15) is 0 Å². The van der Waals surface area contributed by atoms with E-state index in [1.165, 1.54) is 0 Å². The van der Waals surface area contributed by atoms with Gasteiger partial charge < -0.3 is 18.9 Å². The zero-order chi connectivity index (χ0) is 12.4. The van der Waals surface area contributed by atoms with Crippen LogP contribution in [0.2, 0.25) is 0 Å². The van der Waals surface area contributed by atoms with Gasteiger partial charge in [-0.15, -0.1) is 0 Å². The Morgan fingerprint density at radius 1 is 0.882 bits per heavy atom. The van der Waals surface area contributed by atoms with Crippen molar-refractivity contribution in [3.05, 3.63) is 0 Å². The molecular weight excluding hydrogens is 224 g/mol. The number of rotatable bonds is 0. The fourth-order valence-electron chi connectivity index (χ4n) is 2.89.